The number of benzene rings is 2. The summed E-state index contributed by atoms with van der Waals surface area (Å²) in [5, 5.41) is 7.47. The highest BCUT2D eigenvalue weighted by Gasteiger charge is 2.14. The van der Waals surface area contributed by atoms with Gasteiger partial charge in [-0.05, 0) is 36.8 Å². The molecule has 24 heavy (non-hydrogen) atoms. The molecule has 0 aliphatic rings. The minimum atomic E-state index is -0.921. The SMILES string of the molecule is Cc1ccc(Cl)cc1NC(=O)C(=O)N/N=C/c1ccc(Cl)cc1Cl. The van der Waals surface area contributed by atoms with Crippen LogP contribution in [0.5, 0.6) is 0 Å². The van der Waals surface area contributed by atoms with E-state index in [4.69, 9.17) is 34.8 Å². The fourth-order valence-corrected chi connectivity index (χ4v) is 2.35. The number of hydrogen-bond donors (Lipinski definition) is 2. The first kappa shape index (κ1) is 18.3. The minimum absolute atomic E-state index is 0.375. The summed E-state index contributed by atoms with van der Waals surface area (Å²) in [5.41, 5.74) is 3.90. The third kappa shape index (κ3) is 4.96. The fourth-order valence-electron chi connectivity index (χ4n) is 1.73. The average molecular weight is 385 g/mol. The van der Waals surface area contributed by atoms with Gasteiger partial charge in [0.15, 0.2) is 0 Å². The summed E-state index contributed by atoms with van der Waals surface area (Å²) >= 11 is 17.6. The molecule has 124 valence electrons. The Hall–Kier alpha value is -2.08. The Balaban J connectivity index is 1.97. The summed E-state index contributed by atoms with van der Waals surface area (Å²) in [4.78, 5) is 23.6. The minimum Gasteiger partial charge on any atom is -0.317 e. The van der Waals surface area contributed by atoms with Gasteiger partial charge in [0.25, 0.3) is 0 Å². The van der Waals surface area contributed by atoms with Crippen LogP contribution < -0.4 is 10.7 Å². The molecule has 0 aliphatic heterocycles. The number of hydrazone groups is 1. The van der Waals surface area contributed by atoms with Crippen LogP contribution in [-0.2, 0) is 9.59 Å². The van der Waals surface area contributed by atoms with E-state index in [-0.39, 0.29) is 0 Å². The maximum atomic E-state index is 11.8. The number of rotatable bonds is 3. The highest BCUT2D eigenvalue weighted by molar-refractivity contribution is 6.40. The van der Waals surface area contributed by atoms with Gasteiger partial charge in [-0.2, -0.15) is 5.10 Å². The van der Waals surface area contributed by atoms with Crippen LogP contribution >= 0.6 is 34.8 Å². The molecule has 0 aliphatic carbocycles. The Morgan fingerprint density at radius 1 is 1.00 bits per heavy atom. The number of carbonyl (C=O) groups is 2. The van der Waals surface area contributed by atoms with Crippen LogP contribution in [0.4, 0.5) is 5.69 Å². The maximum Gasteiger partial charge on any atom is 0.329 e. The van der Waals surface area contributed by atoms with E-state index in [1.54, 1.807) is 43.3 Å². The van der Waals surface area contributed by atoms with Crippen LogP contribution in [-0.4, -0.2) is 18.0 Å². The molecule has 2 aromatic rings. The first-order chi connectivity index (χ1) is 11.4. The lowest BCUT2D eigenvalue weighted by molar-refractivity contribution is -0.136. The zero-order valence-corrected chi connectivity index (χ0v) is 14.7. The van der Waals surface area contributed by atoms with Gasteiger partial charge in [0.2, 0.25) is 0 Å². The topological polar surface area (TPSA) is 70.6 Å². The molecule has 5 nitrogen and oxygen atoms in total. The summed E-state index contributed by atoms with van der Waals surface area (Å²) in [6.45, 7) is 1.78. The largest absolute Gasteiger partial charge is 0.329 e. The van der Waals surface area contributed by atoms with E-state index in [1.807, 2.05) is 0 Å². The van der Waals surface area contributed by atoms with Crippen molar-refractivity contribution in [3.05, 3.63) is 62.6 Å². The van der Waals surface area contributed by atoms with Crippen molar-refractivity contribution >= 4 is 58.5 Å². The van der Waals surface area contributed by atoms with Crippen molar-refractivity contribution in [2.24, 2.45) is 5.10 Å². The van der Waals surface area contributed by atoms with Gasteiger partial charge in [-0.15, -0.1) is 0 Å². The first-order valence-electron chi connectivity index (χ1n) is 6.72. The molecule has 0 radical (unpaired) electrons. The van der Waals surface area contributed by atoms with E-state index in [0.717, 1.165) is 5.56 Å². The second-order valence-corrected chi connectivity index (χ2v) is 6.06. The second-order valence-electron chi connectivity index (χ2n) is 4.78. The van der Waals surface area contributed by atoms with Crippen LogP contribution in [0.15, 0.2) is 41.5 Å². The number of halogens is 3. The van der Waals surface area contributed by atoms with Crippen molar-refractivity contribution in [2.45, 2.75) is 6.92 Å². The van der Waals surface area contributed by atoms with Gasteiger partial charge in [0, 0.05) is 21.3 Å². The van der Waals surface area contributed by atoms with Gasteiger partial charge in [-0.1, -0.05) is 46.9 Å². The van der Waals surface area contributed by atoms with Crippen LogP contribution in [0, 0.1) is 6.92 Å². The molecule has 2 aromatic carbocycles. The molecular weight excluding hydrogens is 373 g/mol. The average Bonchev–Trinajstić information content (AvgIpc) is 2.52. The van der Waals surface area contributed by atoms with E-state index in [1.165, 1.54) is 6.21 Å². The first-order valence-corrected chi connectivity index (χ1v) is 7.86. The Labute approximate surface area is 153 Å². The van der Waals surface area contributed by atoms with E-state index >= 15 is 0 Å². The molecule has 2 rings (SSSR count). The van der Waals surface area contributed by atoms with Gasteiger partial charge in [0.05, 0.1) is 11.2 Å². The summed E-state index contributed by atoms with van der Waals surface area (Å²) in [6.07, 6.45) is 1.31. The smallest absolute Gasteiger partial charge is 0.317 e. The third-order valence-corrected chi connectivity index (χ3v) is 3.78. The summed E-state index contributed by atoms with van der Waals surface area (Å²) in [5.74, 6) is -1.78. The standard InChI is InChI=1S/C16H12Cl3N3O2/c1-9-2-4-12(18)7-14(9)21-15(23)16(24)22-20-8-10-3-5-11(17)6-13(10)19/h2-8H,1H3,(H,21,23)(H,22,24)/b20-8+. The highest BCUT2D eigenvalue weighted by Crippen LogP contribution is 2.20. The summed E-state index contributed by atoms with van der Waals surface area (Å²) in [7, 11) is 0. The molecular formula is C16H12Cl3N3O2. The summed E-state index contributed by atoms with van der Waals surface area (Å²) in [6, 6.07) is 9.78. The van der Waals surface area contributed by atoms with Crippen LogP contribution in [0.25, 0.3) is 0 Å². The van der Waals surface area contributed by atoms with Crippen molar-refractivity contribution in [1.29, 1.82) is 0 Å². The van der Waals surface area contributed by atoms with Crippen molar-refractivity contribution < 1.29 is 9.59 Å². The van der Waals surface area contributed by atoms with E-state index in [9.17, 15) is 9.59 Å². The van der Waals surface area contributed by atoms with Gasteiger partial charge in [0.1, 0.15) is 0 Å². The van der Waals surface area contributed by atoms with Crippen molar-refractivity contribution in [3.8, 4) is 0 Å². The van der Waals surface area contributed by atoms with Crippen molar-refractivity contribution in [1.82, 2.24) is 5.43 Å². The Morgan fingerprint density at radius 3 is 2.38 bits per heavy atom. The zero-order valence-electron chi connectivity index (χ0n) is 12.4. The molecule has 0 saturated carbocycles. The molecule has 2 N–H and O–H groups in total. The third-order valence-electron chi connectivity index (χ3n) is 2.99. The number of aryl methyl sites for hydroxylation is 1. The molecule has 8 heteroatoms. The number of carbonyl (C=O) groups excluding carboxylic acids is 2. The molecule has 0 aromatic heterocycles. The monoisotopic (exact) mass is 383 g/mol. The van der Waals surface area contributed by atoms with Crippen molar-refractivity contribution in [3.63, 3.8) is 0 Å². The number of nitrogens with one attached hydrogen (secondary N) is 2. The molecule has 0 atom stereocenters. The second kappa shape index (κ2) is 8.15. The van der Waals surface area contributed by atoms with E-state index in [2.05, 4.69) is 15.8 Å². The quantitative estimate of drug-likeness (QED) is 0.476. The molecule has 0 saturated heterocycles. The molecule has 0 heterocycles. The molecule has 0 bridgehead atoms. The van der Waals surface area contributed by atoms with Gasteiger partial charge < -0.3 is 5.32 Å². The molecule has 0 fully saturated rings. The van der Waals surface area contributed by atoms with Gasteiger partial charge in [-0.25, -0.2) is 5.43 Å². The van der Waals surface area contributed by atoms with Crippen LogP contribution in [0.1, 0.15) is 11.1 Å². The van der Waals surface area contributed by atoms with Crippen LogP contribution in [0.3, 0.4) is 0 Å². The van der Waals surface area contributed by atoms with Gasteiger partial charge >= 0.3 is 11.8 Å². The number of anilines is 1. The fraction of sp³-hybridized carbons (Fsp3) is 0.0625. The Morgan fingerprint density at radius 2 is 1.67 bits per heavy atom. The zero-order chi connectivity index (χ0) is 17.7. The molecule has 2 amide bonds. The number of hydrogen-bond acceptors (Lipinski definition) is 3. The number of amides is 2. The lowest BCUT2D eigenvalue weighted by atomic mass is 10.2. The predicted molar refractivity (Wildman–Crippen MR) is 97.0 cm³/mol. The highest BCUT2D eigenvalue weighted by atomic mass is 35.5. The molecule has 0 spiro atoms. The normalized spacial score (nSPS) is 10.7. The maximum absolute atomic E-state index is 11.8. The Kier molecular flexibility index (Phi) is 6.20. The van der Waals surface area contributed by atoms with Crippen molar-refractivity contribution in [2.75, 3.05) is 5.32 Å². The van der Waals surface area contributed by atoms with E-state index in [0.29, 0.717) is 26.3 Å². The van der Waals surface area contributed by atoms with E-state index < -0.39 is 11.8 Å². The lowest BCUT2D eigenvalue weighted by Crippen LogP contribution is -2.32. The summed E-state index contributed by atoms with van der Waals surface area (Å²) < 4.78 is 0. The lowest BCUT2D eigenvalue weighted by Gasteiger charge is -2.07. The van der Waals surface area contributed by atoms with Gasteiger partial charge in [-0.3, -0.25) is 9.59 Å². The predicted octanol–water partition coefficient (Wildman–Crippen LogP) is 4.04. The Bertz CT molecular complexity index is 822. The molecule has 0 unspecified atom stereocenters. The van der Waals surface area contributed by atoms with Crippen LogP contribution in [0.2, 0.25) is 15.1 Å². The number of nitrogens with zero attached hydrogens (tertiary/aromatic N) is 1.